The van der Waals surface area contributed by atoms with Gasteiger partial charge in [0.05, 0.1) is 0 Å². The SMILES string of the molecule is Cc1cccc(NC(=O)N2CC(C)C2C)n1. The summed E-state index contributed by atoms with van der Waals surface area (Å²) in [6.45, 7) is 6.96. The third-order valence-electron chi connectivity index (χ3n) is 3.18. The number of anilines is 1. The maximum Gasteiger partial charge on any atom is 0.323 e. The lowest BCUT2D eigenvalue weighted by Crippen LogP contribution is -2.57. The number of pyridine rings is 1. The van der Waals surface area contributed by atoms with Crippen LogP contribution < -0.4 is 5.32 Å². The van der Waals surface area contributed by atoms with Crippen LogP contribution in [0.25, 0.3) is 0 Å². The molecule has 2 heterocycles. The van der Waals surface area contributed by atoms with Gasteiger partial charge in [0.2, 0.25) is 0 Å². The van der Waals surface area contributed by atoms with Gasteiger partial charge in [0, 0.05) is 18.3 Å². The number of carbonyl (C=O) groups excluding carboxylic acids is 1. The molecular formula is C12H17N3O. The van der Waals surface area contributed by atoms with Crippen molar-refractivity contribution >= 4 is 11.8 Å². The lowest BCUT2D eigenvalue weighted by atomic mass is 9.93. The van der Waals surface area contributed by atoms with E-state index in [-0.39, 0.29) is 6.03 Å². The van der Waals surface area contributed by atoms with Gasteiger partial charge >= 0.3 is 6.03 Å². The summed E-state index contributed by atoms with van der Waals surface area (Å²) >= 11 is 0. The first-order chi connectivity index (χ1) is 7.58. The Morgan fingerprint density at radius 2 is 2.25 bits per heavy atom. The number of urea groups is 1. The van der Waals surface area contributed by atoms with E-state index in [2.05, 4.69) is 24.1 Å². The van der Waals surface area contributed by atoms with Gasteiger partial charge in [-0.05, 0) is 31.9 Å². The molecule has 1 N–H and O–H groups in total. The van der Waals surface area contributed by atoms with Crippen LogP contribution >= 0.6 is 0 Å². The Hall–Kier alpha value is -1.58. The van der Waals surface area contributed by atoms with Crippen LogP contribution in [0.3, 0.4) is 0 Å². The number of aromatic nitrogens is 1. The highest BCUT2D eigenvalue weighted by Crippen LogP contribution is 2.24. The van der Waals surface area contributed by atoms with Crippen molar-refractivity contribution in [3.05, 3.63) is 23.9 Å². The molecule has 1 saturated heterocycles. The summed E-state index contributed by atoms with van der Waals surface area (Å²) in [7, 11) is 0. The summed E-state index contributed by atoms with van der Waals surface area (Å²) in [5.41, 5.74) is 0.905. The molecule has 1 aromatic rings. The fourth-order valence-electron chi connectivity index (χ4n) is 1.86. The Balaban J connectivity index is 1.98. The van der Waals surface area contributed by atoms with Gasteiger partial charge in [-0.1, -0.05) is 13.0 Å². The minimum atomic E-state index is -0.0521. The second kappa shape index (κ2) is 4.12. The molecule has 4 nitrogen and oxygen atoms in total. The van der Waals surface area contributed by atoms with E-state index >= 15 is 0 Å². The number of nitrogens with zero attached hydrogens (tertiary/aromatic N) is 2. The summed E-state index contributed by atoms with van der Waals surface area (Å²) in [6, 6.07) is 5.87. The second-order valence-corrected chi connectivity index (χ2v) is 4.46. The minimum absolute atomic E-state index is 0.0521. The van der Waals surface area contributed by atoms with Crippen LogP contribution in [0.15, 0.2) is 18.2 Å². The van der Waals surface area contributed by atoms with Crippen LogP contribution in [0.5, 0.6) is 0 Å². The van der Waals surface area contributed by atoms with E-state index in [0.29, 0.717) is 17.8 Å². The molecule has 0 aromatic carbocycles. The standard InChI is InChI=1S/C12H17N3O/c1-8-7-15(10(8)3)12(16)14-11-6-4-5-9(2)13-11/h4-6,8,10H,7H2,1-3H3,(H,13,14,16). The van der Waals surface area contributed by atoms with E-state index in [1.165, 1.54) is 0 Å². The van der Waals surface area contributed by atoms with E-state index < -0.39 is 0 Å². The average Bonchev–Trinajstić information content (AvgIpc) is 2.25. The van der Waals surface area contributed by atoms with Gasteiger partial charge in [0.1, 0.15) is 5.82 Å². The molecule has 0 radical (unpaired) electrons. The van der Waals surface area contributed by atoms with Crippen molar-refractivity contribution in [2.24, 2.45) is 5.92 Å². The monoisotopic (exact) mass is 219 g/mol. The fraction of sp³-hybridized carbons (Fsp3) is 0.500. The van der Waals surface area contributed by atoms with Gasteiger partial charge in [-0.3, -0.25) is 5.32 Å². The predicted octanol–water partition coefficient (Wildman–Crippen LogP) is 2.26. The quantitative estimate of drug-likeness (QED) is 0.787. The summed E-state index contributed by atoms with van der Waals surface area (Å²) in [5.74, 6) is 1.22. The molecule has 2 unspecified atom stereocenters. The molecule has 0 saturated carbocycles. The lowest BCUT2D eigenvalue weighted by Gasteiger charge is -2.44. The van der Waals surface area contributed by atoms with E-state index in [1.54, 1.807) is 6.07 Å². The molecule has 86 valence electrons. The number of hydrogen-bond donors (Lipinski definition) is 1. The van der Waals surface area contributed by atoms with Crippen molar-refractivity contribution in [1.29, 1.82) is 0 Å². The number of hydrogen-bond acceptors (Lipinski definition) is 2. The zero-order valence-electron chi connectivity index (χ0n) is 9.90. The van der Waals surface area contributed by atoms with Gasteiger partial charge < -0.3 is 4.90 Å². The molecule has 0 spiro atoms. The number of likely N-dealkylation sites (tertiary alicyclic amines) is 1. The van der Waals surface area contributed by atoms with Crippen molar-refractivity contribution in [2.45, 2.75) is 26.8 Å². The average molecular weight is 219 g/mol. The fourth-order valence-corrected chi connectivity index (χ4v) is 1.86. The Bertz CT molecular complexity index is 405. The largest absolute Gasteiger partial charge is 0.323 e. The van der Waals surface area contributed by atoms with Gasteiger partial charge in [0.15, 0.2) is 0 Å². The normalized spacial score (nSPS) is 23.8. The number of amides is 2. The molecule has 1 aliphatic heterocycles. The second-order valence-electron chi connectivity index (χ2n) is 4.46. The molecule has 16 heavy (non-hydrogen) atoms. The van der Waals surface area contributed by atoms with Crippen LogP contribution in [-0.4, -0.2) is 28.5 Å². The molecule has 0 bridgehead atoms. The van der Waals surface area contributed by atoms with Crippen LogP contribution in [0.1, 0.15) is 19.5 Å². The topological polar surface area (TPSA) is 45.2 Å². The third kappa shape index (κ3) is 2.01. The maximum atomic E-state index is 11.8. The smallest absolute Gasteiger partial charge is 0.321 e. The van der Waals surface area contributed by atoms with Crippen LogP contribution in [0.4, 0.5) is 10.6 Å². The third-order valence-corrected chi connectivity index (χ3v) is 3.18. The lowest BCUT2D eigenvalue weighted by molar-refractivity contribution is 0.0797. The molecule has 2 amide bonds. The first-order valence-electron chi connectivity index (χ1n) is 5.59. The van der Waals surface area contributed by atoms with Crippen LogP contribution in [-0.2, 0) is 0 Å². The highest BCUT2D eigenvalue weighted by atomic mass is 16.2. The van der Waals surface area contributed by atoms with Crippen molar-refractivity contribution < 1.29 is 4.79 Å². The number of nitrogens with one attached hydrogen (secondary N) is 1. The predicted molar refractivity (Wildman–Crippen MR) is 63.3 cm³/mol. The first-order valence-corrected chi connectivity index (χ1v) is 5.59. The Kier molecular flexibility index (Phi) is 2.81. The Morgan fingerprint density at radius 3 is 2.81 bits per heavy atom. The molecule has 0 aliphatic carbocycles. The van der Waals surface area contributed by atoms with Gasteiger partial charge in [0.25, 0.3) is 0 Å². The Labute approximate surface area is 95.7 Å². The summed E-state index contributed by atoms with van der Waals surface area (Å²) in [6.07, 6.45) is 0. The highest BCUT2D eigenvalue weighted by molar-refractivity contribution is 5.89. The minimum Gasteiger partial charge on any atom is -0.321 e. The van der Waals surface area contributed by atoms with Gasteiger partial charge in [-0.2, -0.15) is 0 Å². The van der Waals surface area contributed by atoms with E-state index in [1.807, 2.05) is 24.0 Å². The maximum absolute atomic E-state index is 11.8. The zero-order chi connectivity index (χ0) is 11.7. The van der Waals surface area contributed by atoms with Crippen molar-refractivity contribution in [1.82, 2.24) is 9.88 Å². The summed E-state index contributed by atoms with van der Waals surface area (Å²) in [4.78, 5) is 17.9. The van der Waals surface area contributed by atoms with Gasteiger partial charge in [-0.25, -0.2) is 9.78 Å². The van der Waals surface area contributed by atoms with E-state index in [0.717, 1.165) is 12.2 Å². The van der Waals surface area contributed by atoms with Crippen LogP contribution in [0, 0.1) is 12.8 Å². The highest BCUT2D eigenvalue weighted by Gasteiger charge is 2.35. The zero-order valence-corrected chi connectivity index (χ0v) is 9.90. The molecule has 2 rings (SSSR count). The van der Waals surface area contributed by atoms with Crippen molar-refractivity contribution in [3.8, 4) is 0 Å². The Morgan fingerprint density at radius 1 is 1.50 bits per heavy atom. The molecular weight excluding hydrogens is 202 g/mol. The van der Waals surface area contributed by atoms with E-state index in [9.17, 15) is 4.79 Å². The molecule has 1 fully saturated rings. The van der Waals surface area contributed by atoms with Crippen LogP contribution in [0.2, 0.25) is 0 Å². The van der Waals surface area contributed by atoms with Gasteiger partial charge in [-0.15, -0.1) is 0 Å². The molecule has 2 atom stereocenters. The van der Waals surface area contributed by atoms with Crippen molar-refractivity contribution in [3.63, 3.8) is 0 Å². The number of aryl methyl sites for hydroxylation is 1. The summed E-state index contributed by atoms with van der Waals surface area (Å²) in [5, 5.41) is 2.81. The number of carbonyl (C=O) groups is 1. The van der Waals surface area contributed by atoms with E-state index in [4.69, 9.17) is 0 Å². The summed E-state index contributed by atoms with van der Waals surface area (Å²) < 4.78 is 0. The molecule has 1 aliphatic rings. The molecule has 4 heteroatoms. The number of rotatable bonds is 1. The first kappa shape index (κ1) is 10.9. The van der Waals surface area contributed by atoms with Crippen molar-refractivity contribution in [2.75, 3.05) is 11.9 Å². The molecule has 1 aromatic heterocycles.